The summed E-state index contributed by atoms with van der Waals surface area (Å²) in [6.07, 6.45) is 0. The number of nitrogens with two attached hydrogens (primary N) is 1. The van der Waals surface area contributed by atoms with E-state index in [1.165, 1.54) is 5.69 Å². The van der Waals surface area contributed by atoms with Crippen LogP contribution in [0.4, 0.5) is 22.7 Å². The summed E-state index contributed by atoms with van der Waals surface area (Å²) in [5.41, 5.74) is 9.03. The third-order valence-electron chi connectivity index (χ3n) is 2.88. The maximum Gasteiger partial charge on any atom is 0.108 e. The monoisotopic (exact) mass is 286 g/mol. The summed E-state index contributed by atoms with van der Waals surface area (Å²) in [5, 5.41) is 2.80. The molecule has 112 valence electrons. The molecule has 0 spiro atoms. The molecule has 0 aliphatic carbocycles. The van der Waals surface area contributed by atoms with Crippen molar-refractivity contribution < 1.29 is 0 Å². The van der Waals surface area contributed by atoms with Crippen LogP contribution in [0.5, 0.6) is 0 Å². The van der Waals surface area contributed by atoms with Crippen LogP contribution in [0.1, 0.15) is 0 Å². The molecule has 0 bridgehead atoms. The van der Waals surface area contributed by atoms with Gasteiger partial charge >= 0.3 is 0 Å². The molecule has 0 aromatic heterocycles. The molecule has 0 heterocycles. The first-order valence-corrected chi connectivity index (χ1v) is 6.57. The van der Waals surface area contributed by atoms with Gasteiger partial charge in [-0.05, 0) is 53.7 Å². The number of nitrogens with zero attached hydrogens (tertiary/aromatic N) is 3. The van der Waals surface area contributed by atoms with Gasteiger partial charge in [0.25, 0.3) is 0 Å². The van der Waals surface area contributed by atoms with Gasteiger partial charge in [0.05, 0.1) is 0 Å². The predicted molar refractivity (Wildman–Crippen MR) is 91.4 cm³/mol. The van der Waals surface area contributed by atoms with E-state index < -0.39 is 0 Å². The Morgan fingerprint density at radius 1 is 0.762 bits per heavy atom. The molecule has 5 heteroatoms. The molecular weight excluding hydrogens is 264 g/mol. The van der Waals surface area contributed by atoms with Crippen LogP contribution in [0, 0.1) is 4.91 Å². The first-order chi connectivity index (χ1) is 9.93. The molecule has 0 amide bonds. The highest BCUT2D eigenvalue weighted by molar-refractivity contribution is 5.52. The van der Waals surface area contributed by atoms with E-state index in [2.05, 4.69) is 5.18 Å². The molecule has 2 aromatic carbocycles. The van der Waals surface area contributed by atoms with Crippen molar-refractivity contribution in [3.63, 3.8) is 0 Å². The molecule has 5 nitrogen and oxygen atoms in total. The molecule has 2 N–H and O–H groups in total. The van der Waals surface area contributed by atoms with Crippen LogP contribution in [0.2, 0.25) is 0 Å². The lowest BCUT2D eigenvalue weighted by Gasteiger charge is -2.11. The number of nitroso groups, excluding NO2 is 1. The second-order valence-electron chi connectivity index (χ2n) is 4.99. The molecule has 2 aromatic rings. The Labute approximate surface area is 126 Å². The molecular formula is C16H22N4O. The smallest absolute Gasteiger partial charge is 0.108 e. The van der Waals surface area contributed by atoms with E-state index in [4.69, 9.17) is 5.73 Å². The normalized spacial score (nSPS) is 9.33. The molecule has 0 saturated heterocycles. The van der Waals surface area contributed by atoms with Crippen molar-refractivity contribution in [2.75, 3.05) is 43.7 Å². The zero-order valence-electron chi connectivity index (χ0n) is 12.9. The molecule has 0 radical (unpaired) electrons. The van der Waals surface area contributed by atoms with E-state index in [1.54, 1.807) is 12.1 Å². The summed E-state index contributed by atoms with van der Waals surface area (Å²) in [6.45, 7) is 0. The SMILES string of the molecule is CN(C)c1ccc(N)cc1.CN(C)c1ccc(N=O)cc1. The van der Waals surface area contributed by atoms with Crippen LogP contribution in [0.15, 0.2) is 53.7 Å². The third kappa shape index (κ3) is 5.52. The summed E-state index contributed by atoms with van der Waals surface area (Å²) in [5.74, 6) is 0. The Kier molecular flexibility index (Phi) is 6.20. The van der Waals surface area contributed by atoms with Gasteiger partial charge < -0.3 is 15.5 Å². The molecule has 21 heavy (non-hydrogen) atoms. The van der Waals surface area contributed by atoms with Gasteiger partial charge in [0.15, 0.2) is 0 Å². The van der Waals surface area contributed by atoms with Crippen LogP contribution >= 0.6 is 0 Å². The molecule has 0 aliphatic heterocycles. The van der Waals surface area contributed by atoms with Gasteiger partial charge in [-0.15, -0.1) is 4.91 Å². The van der Waals surface area contributed by atoms with Crippen molar-refractivity contribution in [3.05, 3.63) is 53.4 Å². The van der Waals surface area contributed by atoms with Crippen LogP contribution in [-0.4, -0.2) is 28.2 Å². The highest BCUT2D eigenvalue weighted by Gasteiger charge is 1.94. The lowest BCUT2D eigenvalue weighted by atomic mass is 10.3. The van der Waals surface area contributed by atoms with Gasteiger partial charge in [-0.1, -0.05) is 0 Å². The maximum atomic E-state index is 10.0. The summed E-state index contributed by atoms with van der Waals surface area (Å²) >= 11 is 0. The summed E-state index contributed by atoms with van der Waals surface area (Å²) < 4.78 is 0. The van der Waals surface area contributed by atoms with Gasteiger partial charge in [0.2, 0.25) is 0 Å². The number of hydrogen-bond donors (Lipinski definition) is 1. The maximum absolute atomic E-state index is 10.0. The minimum Gasteiger partial charge on any atom is -0.399 e. The molecule has 0 unspecified atom stereocenters. The third-order valence-corrected chi connectivity index (χ3v) is 2.88. The van der Waals surface area contributed by atoms with E-state index in [9.17, 15) is 4.91 Å². The van der Waals surface area contributed by atoms with E-state index in [-0.39, 0.29) is 0 Å². The van der Waals surface area contributed by atoms with Gasteiger partial charge in [0, 0.05) is 45.3 Å². The number of nitrogen functional groups attached to an aromatic ring is 1. The Morgan fingerprint density at radius 3 is 1.48 bits per heavy atom. The largest absolute Gasteiger partial charge is 0.399 e. The number of anilines is 3. The predicted octanol–water partition coefficient (Wildman–Crippen LogP) is 3.49. The number of hydrogen-bond acceptors (Lipinski definition) is 5. The van der Waals surface area contributed by atoms with E-state index >= 15 is 0 Å². The average Bonchev–Trinajstić information content (AvgIpc) is 2.48. The Morgan fingerprint density at radius 2 is 1.14 bits per heavy atom. The first kappa shape index (κ1) is 16.5. The van der Waals surface area contributed by atoms with Crippen molar-refractivity contribution in [3.8, 4) is 0 Å². The Balaban J connectivity index is 0.000000211. The second kappa shape index (κ2) is 7.89. The highest BCUT2D eigenvalue weighted by atomic mass is 16.3. The molecule has 0 fully saturated rings. The number of rotatable bonds is 3. The van der Waals surface area contributed by atoms with Gasteiger partial charge in [-0.25, -0.2) is 0 Å². The Hall–Kier alpha value is -2.56. The van der Waals surface area contributed by atoms with E-state index in [0.29, 0.717) is 5.69 Å². The Bertz CT molecular complexity index is 547. The summed E-state index contributed by atoms with van der Waals surface area (Å²) in [4.78, 5) is 14.0. The van der Waals surface area contributed by atoms with Crippen molar-refractivity contribution in [2.45, 2.75) is 0 Å². The standard InChI is InChI=1S/C8H10N2O.C8H12N2/c1-10(2)8-5-3-7(9-11)4-6-8;1-10(2)8-5-3-7(9)4-6-8/h3-6H,1-2H3;3-6H,9H2,1-2H3. The van der Waals surface area contributed by atoms with Gasteiger partial charge in [-0.3, -0.25) is 0 Å². The molecule has 0 atom stereocenters. The summed E-state index contributed by atoms with van der Waals surface area (Å²) in [7, 11) is 7.91. The minimum absolute atomic E-state index is 0.468. The van der Waals surface area contributed by atoms with Crippen molar-refractivity contribution in [2.24, 2.45) is 5.18 Å². The van der Waals surface area contributed by atoms with Crippen molar-refractivity contribution in [1.29, 1.82) is 0 Å². The first-order valence-electron chi connectivity index (χ1n) is 6.57. The van der Waals surface area contributed by atoms with E-state index in [1.807, 2.05) is 74.4 Å². The molecule has 2 rings (SSSR count). The lowest BCUT2D eigenvalue weighted by molar-refractivity contribution is 1.13. The van der Waals surface area contributed by atoms with Crippen molar-refractivity contribution in [1.82, 2.24) is 0 Å². The zero-order valence-corrected chi connectivity index (χ0v) is 12.9. The summed E-state index contributed by atoms with van der Waals surface area (Å²) in [6, 6.07) is 14.9. The molecule has 0 aliphatic rings. The average molecular weight is 286 g/mol. The quantitative estimate of drug-likeness (QED) is 0.693. The fourth-order valence-corrected chi connectivity index (χ4v) is 1.58. The molecule has 0 saturated carbocycles. The minimum atomic E-state index is 0.468. The van der Waals surface area contributed by atoms with Crippen LogP contribution in [-0.2, 0) is 0 Å². The van der Waals surface area contributed by atoms with E-state index in [0.717, 1.165) is 11.4 Å². The van der Waals surface area contributed by atoms with Crippen LogP contribution in [0.25, 0.3) is 0 Å². The number of benzene rings is 2. The van der Waals surface area contributed by atoms with Crippen molar-refractivity contribution >= 4 is 22.7 Å². The topological polar surface area (TPSA) is 61.9 Å². The second-order valence-corrected chi connectivity index (χ2v) is 4.99. The van der Waals surface area contributed by atoms with Crippen LogP contribution in [0.3, 0.4) is 0 Å². The fraction of sp³-hybridized carbons (Fsp3) is 0.250. The zero-order chi connectivity index (χ0) is 15.8. The lowest BCUT2D eigenvalue weighted by Crippen LogP contribution is -2.08. The van der Waals surface area contributed by atoms with Crippen LogP contribution < -0.4 is 15.5 Å². The highest BCUT2D eigenvalue weighted by Crippen LogP contribution is 2.17. The van der Waals surface area contributed by atoms with Gasteiger partial charge in [0.1, 0.15) is 5.69 Å². The fourth-order valence-electron chi connectivity index (χ4n) is 1.58. The van der Waals surface area contributed by atoms with Gasteiger partial charge in [-0.2, -0.15) is 0 Å².